The van der Waals surface area contributed by atoms with Crippen LogP contribution in [-0.4, -0.2) is 14.7 Å². The first-order chi connectivity index (χ1) is 14.5. The van der Waals surface area contributed by atoms with Gasteiger partial charge in [-0.2, -0.15) is 0 Å². The van der Waals surface area contributed by atoms with Crippen molar-refractivity contribution in [3.63, 3.8) is 0 Å². The highest BCUT2D eigenvalue weighted by atomic mass is 16.5. The molecule has 0 aliphatic heterocycles. The van der Waals surface area contributed by atoms with Crippen molar-refractivity contribution < 1.29 is 9.26 Å². The van der Waals surface area contributed by atoms with Gasteiger partial charge >= 0.3 is 11.4 Å². The molecule has 0 aliphatic carbocycles. The molecule has 0 atom stereocenters. The summed E-state index contributed by atoms with van der Waals surface area (Å²) in [5.41, 5.74) is 5.72. The maximum Gasteiger partial charge on any atom is 0.440 e. The maximum atomic E-state index is 11.5. The second-order valence-electron chi connectivity index (χ2n) is 7.09. The third-order valence-electron chi connectivity index (χ3n) is 4.85. The standard InChI is InChI=1S/C23H21N3O4/c1-15-4-3-5-16(2)21(15)20-12-18(10-11-24-20)14-29-19-8-6-17(7-9-19)13-26-22(27)25-23(28)30-26/h3-12H,13-14H2,1-2H3,(H,25,27,28). The lowest BCUT2D eigenvalue weighted by Gasteiger charge is -2.11. The molecule has 2 aromatic heterocycles. The number of hydrogen-bond donors (Lipinski definition) is 1. The Kier molecular flexibility index (Phi) is 5.34. The largest absolute Gasteiger partial charge is 0.489 e. The molecule has 0 aliphatic rings. The van der Waals surface area contributed by atoms with Gasteiger partial charge in [-0.25, -0.2) is 14.6 Å². The topological polar surface area (TPSA) is 90.1 Å². The SMILES string of the molecule is Cc1cccc(C)c1-c1cc(COc2ccc(Cn3oc(=O)[nH]c3=O)cc2)ccn1. The number of aryl methyl sites for hydroxylation is 2. The number of nitrogens with one attached hydrogen (secondary N) is 1. The van der Waals surface area contributed by atoms with Crippen molar-refractivity contribution in [3.8, 4) is 17.0 Å². The summed E-state index contributed by atoms with van der Waals surface area (Å²) in [5, 5.41) is 0. The van der Waals surface area contributed by atoms with Crippen LogP contribution in [0.1, 0.15) is 22.3 Å². The van der Waals surface area contributed by atoms with Crippen LogP contribution in [0.3, 0.4) is 0 Å². The molecule has 30 heavy (non-hydrogen) atoms. The monoisotopic (exact) mass is 403 g/mol. The minimum Gasteiger partial charge on any atom is -0.489 e. The molecular weight excluding hydrogens is 382 g/mol. The molecule has 0 radical (unpaired) electrons. The van der Waals surface area contributed by atoms with Gasteiger partial charge < -0.3 is 9.26 Å². The van der Waals surface area contributed by atoms with Crippen molar-refractivity contribution in [1.82, 2.24) is 14.7 Å². The molecular formula is C23H21N3O4. The number of benzene rings is 2. The van der Waals surface area contributed by atoms with Crippen LogP contribution >= 0.6 is 0 Å². The van der Waals surface area contributed by atoms with Crippen molar-refractivity contribution in [2.45, 2.75) is 27.0 Å². The molecule has 152 valence electrons. The van der Waals surface area contributed by atoms with E-state index in [1.54, 1.807) is 6.20 Å². The number of ether oxygens (including phenoxy) is 1. The van der Waals surface area contributed by atoms with Gasteiger partial charge in [0.25, 0.3) is 0 Å². The van der Waals surface area contributed by atoms with Gasteiger partial charge in [0.15, 0.2) is 0 Å². The molecule has 1 N–H and O–H groups in total. The van der Waals surface area contributed by atoms with Gasteiger partial charge in [-0.15, -0.1) is 4.74 Å². The van der Waals surface area contributed by atoms with Crippen LogP contribution in [0.5, 0.6) is 5.75 Å². The highest BCUT2D eigenvalue weighted by molar-refractivity contribution is 5.67. The second kappa shape index (κ2) is 8.24. The van der Waals surface area contributed by atoms with Crippen molar-refractivity contribution >= 4 is 0 Å². The number of pyridine rings is 1. The molecule has 0 saturated carbocycles. The molecule has 0 unspecified atom stereocenters. The van der Waals surface area contributed by atoms with E-state index in [1.807, 2.05) is 42.5 Å². The number of aromatic nitrogens is 3. The first-order valence-corrected chi connectivity index (χ1v) is 9.53. The summed E-state index contributed by atoms with van der Waals surface area (Å²) >= 11 is 0. The third kappa shape index (κ3) is 4.25. The molecule has 4 aromatic rings. The Balaban J connectivity index is 1.44. The lowest BCUT2D eigenvalue weighted by molar-refractivity contribution is 0.258. The smallest absolute Gasteiger partial charge is 0.440 e. The van der Waals surface area contributed by atoms with Crippen LogP contribution in [0.4, 0.5) is 0 Å². The minimum absolute atomic E-state index is 0.168. The van der Waals surface area contributed by atoms with E-state index < -0.39 is 11.4 Å². The average Bonchev–Trinajstić information content (AvgIpc) is 3.04. The van der Waals surface area contributed by atoms with Crippen molar-refractivity contribution in [3.05, 3.63) is 104 Å². The predicted octanol–water partition coefficient (Wildman–Crippen LogP) is 3.44. The number of H-pyrrole nitrogens is 1. The van der Waals surface area contributed by atoms with Crippen LogP contribution in [0.15, 0.2) is 74.9 Å². The Morgan fingerprint density at radius 3 is 2.40 bits per heavy atom. The van der Waals surface area contributed by atoms with Crippen LogP contribution in [0.2, 0.25) is 0 Å². The quantitative estimate of drug-likeness (QED) is 0.533. The van der Waals surface area contributed by atoms with Gasteiger partial charge in [-0.1, -0.05) is 30.3 Å². The van der Waals surface area contributed by atoms with Crippen LogP contribution in [0, 0.1) is 13.8 Å². The molecule has 0 spiro atoms. The van der Waals surface area contributed by atoms with E-state index in [1.165, 1.54) is 11.1 Å². The number of aromatic amines is 1. The lowest BCUT2D eigenvalue weighted by Crippen LogP contribution is -2.17. The van der Waals surface area contributed by atoms with E-state index in [2.05, 4.69) is 35.9 Å². The normalized spacial score (nSPS) is 10.9. The third-order valence-corrected chi connectivity index (χ3v) is 4.85. The Morgan fingerprint density at radius 2 is 1.73 bits per heavy atom. The summed E-state index contributed by atoms with van der Waals surface area (Å²) < 4.78 is 11.7. The van der Waals surface area contributed by atoms with E-state index in [-0.39, 0.29) is 6.54 Å². The fourth-order valence-corrected chi connectivity index (χ4v) is 3.36. The van der Waals surface area contributed by atoms with Gasteiger partial charge in [0.2, 0.25) is 0 Å². The van der Waals surface area contributed by atoms with Crippen molar-refractivity contribution in [1.29, 1.82) is 0 Å². The first-order valence-electron chi connectivity index (χ1n) is 9.53. The molecule has 4 rings (SSSR count). The first kappa shape index (κ1) is 19.4. The lowest BCUT2D eigenvalue weighted by atomic mass is 9.99. The molecule has 0 saturated heterocycles. The zero-order valence-electron chi connectivity index (χ0n) is 16.7. The molecule has 0 bridgehead atoms. The van der Waals surface area contributed by atoms with Gasteiger partial charge in [-0.3, -0.25) is 4.98 Å². The summed E-state index contributed by atoms with van der Waals surface area (Å²) in [6.45, 7) is 4.75. The van der Waals surface area contributed by atoms with Crippen molar-refractivity contribution in [2.75, 3.05) is 0 Å². The summed E-state index contributed by atoms with van der Waals surface area (Å²) in [6.07, 6.45) is 1.80. The van der Waals surface area contributed by atoms with Crippen LogP contribution in [-0.2, 0) is 13.2 Å². The highest BCUT2D eigenvalue weighted by Crippen LogP contribution is 2.26. The Hall–Kier alpha value is -3.87. The molecule has 0 fully saturated rings. The van der Waals surface area contributed by atoms with Crippen LogP contribution < -0.4 is 16.2 Å². The van der Waals surface area contributed by atoms with Crippen LogP contribution in [0.25, 0.3) is 11.3 Å². The van der Waals surface area contributed by atoms with Gasteiger partial charge in [0.1, 0.15) is 12.4 Å². The minimum atomic E-state index is -0.766. The van der Waals surface area contributed by atoms with E-state index in [0.717, 1.165) is 27.1 Å². The van der Waals surface area contributed by atoms with Gasteiger partial charge in [0.05, 0.1) is 12.2 Å². The Labute approximate surface area is 172 Å². The Morgan fingerprint density at radius 1 is 1.00 bits per heavy atom. The molecule has 0 amide bonds. The summed E-state index contributed by atoms with van der Waals surface area (Å²) in [5.74, 6) is -0.0652. The molecule has 2 heterocycles. The number of hydrogen-bond acceptors (Lipinski definition) is 5. The Bertz CT molecular complexity index is 1260. The fraction of sp³-hybridized carbons (Fsp3) is 0.174. The zero-order chi connectivity index (χ0) is 21.1. The number of nitrogens with zero attached hydrogens (tertiary/aromatic N) is 2. The van der Waals surface area contributed by atoms with E-state index in [9.17, 15) is 9.59 Å². The maximum absolute atomic E-state index is 11.5. The molecule has 7 heteroatoms. The van der Waals surface area contributed by atoms with E-state index in [4.69, 9.17) is 9.26 Å². The van der Waals surface area contributed by atoms with Gasteiger partial charge in [-0.05, 0) is 60.4 Å². The average molecular weight is 403 g/mol. The zero-order valence-corrected chi connectivity index (χ0v) is 16.7. The van der Waals surface area contributed by atoms with E-state index >= 15 is 0 Å². The van der Waals surface area contributed by atoms with E-state index in [0.29, 0.717) is 12.4 Å². The highest BCUT2D eigenvalue weighted by Gasteiger charge is 2.08. The fourth-order valence-electron chi connectivity index (χ4n) is 3.36. The summed E-state index contributed by atoms with van der Waals surface area (Å²) in [7, 11) is 0. The van der Waals surface area contributed by atoms with Crippen molar-refractivity contribution in [2.24, 2.45) is 0 Å². The summed E-state index contributed by atoms with van der Waals surface area (Å²) in [4.78, 5) is 29.2. The molecule has 7 nitrogen and oxygen atoms in total. The molecule has 2 aromatic carbocycles. The second-order valence-corrected chi connectivity index (χ2v) is 7.09. The summed E-state index contributed by atoms with van der Waals surface area (Å²) in [6, 6.07) is 17.5. The number of rotatable bonds is 6. The predicted molar refractivity (Wildman–Crippen MR) is 113 cm³/mol. The van der Waals surface area contributed by atoms with Gasteiger partial charge in [0, 0.05) is 11.8 Å².